The number of hydrogen-bond donors (Lipinski definition) is 0. The largest absolute Gasteiger partial charge is 0.497 e. The van der Waals surface area contributed by atoms with E-state index in [-0.39, 0.29) is 11.7 Å². The molecule has 0 aliphatic carbocycles. The average molecular weight is 551 g/mol. The smallest absolute Gasteiger partial charge is 0.343 e. The summed E-state index contributed by atoms with van der Waals surface area (Å²) in [6.45, 7) is 0. The second kappa shape index (κ2) is 10.8. The molecule has 0 unspecified atom stereocenters. The van der Waals surface area contributed by atoms with Crippen molar-refractivity contribution in [3.05, 3.63) is 114 Å². The Morgan fingerprint density at radius 2 is 1.41 bits per heavy atom. The first-order chi connectivity index (χ1) is 20.0. The van der Waals surface area contributed by atoms with Gasteiger partial charge in [-0.1, -0.05) is 42.5 Å². The first kappa shape index (κ1) is 26.1. The molecule has 9 nitrogen and oxygen atoms in total. The molecule has 2 heterocycles. The SMILES string of the molecule is COc1ccc(N2C(=O)[C@H]3[C@@H](ON(c4ccccc4)[C@H]3c3ccc(OC(=O)c4ccccc4)c(OC)c3)C2=O)cc1. The topological polar surface area (TPSA) is 94.6 Å². The van der Waals surface area contributed by atoms with Crippen molar-refractivity contribution in [2.45, 2.75) is 12.1 Å². The monoisotopic (exact) mass is 550 g/mol. The Balaban J connectivity index is 1.37. The number of methoxy groups -OCH3 is 2. The fourth-order valence-corrected chi connectivity index (χ4v) is 5.22. The van der Waals surface area contributed by atoms with E-state index in [1.54, 1.807) is 78.9 Å². The summed E-state index contributed by atoms with van der Waals surface area (Å²) in [5, 5.41) is 1.60. The van der Waals surface area contributed by atoms with Crippen molar-refractivity contribution in [2.75, 3.05) is 24.2 Å². The molecule has 2 aliphatic heterocycles. The summed E-state index contributed by atoms with van der Waals surface area (Å²) in [6.07, 6.45) is -1.03. The van der Waals surface area contributed by atoms with E-state index in [9.17, 15) is 14.4 Å². The van der Waals surface area contributed by atoms with Gasteiger partial charge < -0.3 is 14.2 Å². The fraction of sp³-hybridized carbons (Fsp3) is 0.156. The van der Waals surface area contributed by atoms with Crippen LogP contribution < -0.4 is 24.2 Å². The molecule has 206 valence electrons. The molecular weight excluding hydrogens is 524 g/mol. The van der Waals surface area contributed by atoms with E-state index in [0.29, 0.717) is 34.0 Å². The molecule has 41 heavy (non-hydrogen) atoms. The van der Waals surface area contributed by atoms with Crippen molar-refractivity contribution < 1.29 is 33.4 Å². The van der Waals surface area contributed by atoms with Gasteiger partial charge in [-0.05, 0) is 66.2 Å². The molecule has 2 aliphatic rings. The zero-order valence-electron chi connectivity index (χ0n) is 22.3. The number of rotatable bonds is 7. The zero-order valence-corrected chi connectivity index (χ0v) is 22.3. The normalized spacial score (nSPS) is 19.7. The molecule has 6 rings (SSSR count). The lowest BCUT2D eigenvalue weighted by atomic mass is 9.90. The Morgan fingerprint density at radius 3 is 2.07 bits per heavy atom. The van der Waals surface area contributed by atoms with E-state index in [1.807, 2.05) is 36.4 Å². The third-order valence-corrected chi connectivity index (χ3v) is 7.20. The summed E-state index contributed by atoms with van der Waals surface area (Å²) >= 11 is 0. The van der Waals surface area contributed by atoms with Crippen LogP contribution in [0.5, 0.6) is 17.2 Å². The van der Waals surface area contributed by atoms with E-state index in [0.717, 1.165) is 4.90 Å². The maximum atomic E-state index is 13.9. The number of hydrogen-bond acceptors (Lipinski definition) is 8. The van der Waals surface area contributed by atoms with Gasteiger partial charge in [-0.2, -0.15) is 0 Å². The van der Waals surface area contributed by atoms with Crippen molar-refractivity contribution in [2.24, 2.45) is 5.92 Å². The van der Waals surface area contributed by atoms with Crippen LogP contribution in [0.4, 0.5) is 11.4 Å². The van der Waals surface area contributed by atoms with Crippen molar-refractivity contribution in [1.29, 1.82) is 0 Å². The number of para-hydroxylation sites is 1. The molecule has 0 bridgehead atoms. The Bertz CT molecular complexity index is 1590. The first-order valence-electron chi connectivity index (χ1n) is 13.0. The number of amides is 2. The number of esters is 1. The molecule has 9 heteroatoms. The number of ether oxygens (including phenoxy) is 3. The minimum Gasteiger partial charge on any atom is -0.497 e. The number of carbonyl (C=O) groups excluding carboxylic acids is 3. The lowest BCUT2D eigenvalue weighted by molar-refractivity contribution is -0.126. The van der Waals surface area contributed by atoms with Crippen LogP contribution in [-0.4, -0.2) is 38.1 Å². The average Bonchev–Trinajstić information content (AvgIpc) is 3.53. The van der Waals surface area contributed by atoms with Crippen LogP contribution in [0, 0.1) is 5.92 Å². The van der Waals surface area contributed by atoms with Gasteiger partial charge >= 0.3 is 5.97 Å². The second-order valence-electron chi connectivity index (χ2n) is 9.53. The van der Waals surface area contributed by atoms with Gasteiger partial charge in [0, 0.05) is 0 Å². The van der Waals surface area contributed by atoms with Crippen LogP contribution in [0.25, 0.3) is 0 Å². The first-order valence-corrected chi connectivity index (χ1v) is 13.0. The van der Waals surface area contributed by atoms with Crippen molar-refractivity contribution in [3.8, 4) is 17.2 Å². The van der Waals surface area contributed by atoms with E-state index >= 15 is 0 Å². The van der Waals surface area contributed by atoms with Crippen LogP contribution in [0.2, 0.25) is 0 Å². The van der Waals surface area contributed by atoms with Gasteiger partial charge in [0.2, 0.25) is 5.91 Å². The van der Waals surface area contributed by atoms with E-state index < -0.39 is 29.9 Å². The van der Waals surface area contributed by atoms with E-state index in [4.69, 9.17) is 19.0 Å². The van der Waals surface area contributed by atoms with Gasteiger partial charge in [-0.3, -0.25) is 14.4 Å². The predicted octanol–water partition coefficient (Wildman–Crippen LogP) is 4.97. The summed E-state index contributed by atoms with van der Waals surface area (Å²) < 4.78 is 16.4. The summed E-state index contributed by atoms with van der Waals surface area (Å²) in [5.41, 5.74) is 2.16. The number of fused-ring (bicyclic) bond motifs is 1. The number of hydroxylamine groups is 1. The van der Waals surface area contributed by atoms with Gasteiger partial charge in [0.1, 0.15) is 11.7 Å². The van der Waals surface area contributed by atoms with Crippen molar-refractivity contribution >= 4 is 29.2 Å². The van der Waals surface area contributed by atoms with Crippen molar-refractivity contribution in [1.82, 2.24) is 0 Å². The molecule has 0 N–H and O–H groups in total. The maximum Gasteiger partial charge on any atom is 0.343 e. The lowest BCUT2D eigenvalue weighted by Crippen LogP contribution is -2.37. The van der Waals surface area contributed by atoms with Gasteiger partial charge in [-0.25, -0.2) is 14.8 Å². The molecule has 0 spiro atoms. The lowest BCUT2D eigenvalue weighted by Gasteiger charge is -2.29. The molecule has 2 saturated heterocycles. The molecule has 0 aromatic heterocycles. The Hall–Kier alpha value is -5.15. The highest BCUT2D eigenvalue weighted by molar-refractivity contribution is 6.24. The third-order valence-electron chi connectivity index (χ3n) is 7.20. The second-order valence-corrected chi connectivity index (χ2v) is 9.53. The standard InChI is InChI=1S/C32H26N2O7/c1-38-24-16-14-22(15-17-24)33-30(35)27-28(34(41-29(27)31(33)36)23-11-7-4-8-12-23)21-13-18-25(26(19-21)39-2)40-32(37)20-9-5-3-6-10-20/h3-19,27-29H,1-2H3/t27-,28+,29-/m1/s1. The molecule has 0 saturated carbocycles. The Kier molecular flexibility index (Phi) is 6.86. The summed E-state index contributed by atoms with van der Waals surface area (Å²) in [5.74, 6) is -1.07. The number of anilines is 2. The van der Waals surface area contributed by atoms with Crippen molar-refractivity contribution in [3.63, 3.8) is 0 Å². The molecule has 3 atom stereocenters. The summed E-state index contributed by atoms with van der Waals surface area (Å²) in [7, 11) is 3.02. The summed E-state index contributed by atoms with van der Waals surface area (Å²) in [6, 6.07) is 29.0. The van der Waals surface area contributed by atoms with E-state index in [2.05, 4.69) is 0 Å². The quantitative estimate of drug-likeness (QED) is 0.181. The Morgan fingerprint density at radius 1 is 0.732 bits per heavy atom. The molecular formula is C32H26N2O7. The molecule has 4 aromatic carbocycles. The van der Waals surface area contributed by atoms with Gasteiger partial charge in [-0.15, -0.1) is 0 Å². The van der Waals surface area contributed by atoms with Gasteiger partial charge in [0.25, 0.3) is 5.91 Å². The molecule has 2 amide bonds. The van der Waals surface area contributed by atoms with Crippen LogP contribution in [0.1, 0.15) is 22.0 Å². The Labute approximate surface area is 236 Å². The number of nitrogens with zero attached hydrogens (tertiary/aromatic N) is 2. The number of imide groups is 1. The van der Waals surface area contributed by atoms with Crippen LogP contribution in [-0.2, 0) is 14.4 Å². The molecule has 2 fully saturated rings. The number of benzene rings is 4. The highest BCUT2D eigenvalue weighted by Gasteiger charge is 2.60. The predicted molar refractivity (Wildman–Crippen MR) is 150 cm³/mol. The van der Waals surface area contributed by atoms with E-state index in [1.165, 1.54) is 7.11 Å². The minimum atomic E-state index is -1.03. The molecule has 0 radical (unpaired) electrons. The fourth-order valence-electron chi connectivity index (χ4n) is 5.22. The number of carbonyl (C=O) groups is 3. The molecule has 4 aromatic rings. The summed E-state index contributed by atoms with van der Waals surface area (Å²) in [4.78, 5) is 47.6. The van der Waals surface area contributed by atoms with Crippen LogP contribution in [0.15, 0.2) is 103 Å². The van der Waals surface area contributed by atoms with Crippen LogP contribution >= 0.6 is 0 Å². The zero-order chi connectivity index (χ0) is 28.5. The van der Waals surface area contributed by atoms with Crippen LogP contribution in [0.3, 0.4) is 0 Å². The van der Waals surface area contributed by atoms with Gasteiger partial charge in [0.05, 0.1) is 37.2 Å². The highest BCUT2D eigenvalue weighted by Crippen LogP contribution is 2.48. The minimum absolute atomic E-state index is 0.223. The maximum absolute atomic E-state index is 13.9. The van der Waals surface area contributed by atoms with Gasteiger partial charge in [0.15, 0.2) is 17.6 Å². The highest BCUT2D eigenvalue weighted by atomic mass is 16.7. The third kappa shape index (κ3) is 4.66.